The van der Waals surface area contributed by atoms with Crippen molar-refractivity contribution in [2.24, 2.45) is 35.2 Å². The Kier molecular flexibility index (Phi) is 71.2. The van der Waals surface area contributed by atoms with E-state index in [0.717, 1.165) is 73.3 Å². The molecular weight excluding hydrogens is 1190 g/mol. The van der Waals surface area contributed by atoms with Crippen LogP contribution in [-0.2, 0) is 35.2 Å². The minimum atomic E-state index is 0.623. The Balaban J connectivity index is -0.000000167. The Morgan fingerprint density at radius 1 is 0.363 bits per heavy atom. The summed E-state index contributed by atoms with van der Waals surface area (Å²) in [4.78, 5) is 31.3. The van der Waals surface area contributed by atoms with Gasteiger partial charge in [-0.2, -0.15) is 10.2 Å². The molecule has 0 radical (unpaired) electrons. The Bertz CT molecular complexity index is 2820. The molecule has 0 aliphatic carbocycles. The smallest absolute Gasteiger partial charge is 0.213 e. The molecule has 28 heteroatoms. The van der Waals surface area contributed by atoms with Crippen molar-refractivity contribution in [1.82, 2.24) is 119 Å². The Labute approximate surface area is 554 Å². The maximum atomic E-state index is 4.86. The van der Waals surface area contributed by atoms with Crippen LogP contribution in [0, 0.1) is 104 Å². The molecule has 11 rings (SSSR count). The summed E-state index contributed by atoms with van der Waals surface area (Å²) in [6, 6.07) is 7.51. The molecule has 91 heavy (non-hydrogen) atoms. The fraction of sp³-hybridized carbons (Fsp3) is 0.540. The van der Waals surface area contributed by atoms with Gasteiger partial charge in [0, 0.05) is 105 Å². The Morgan fingerprint density at radius 3 is 0.945 bits per heavy atom. The second-order valence-corrected chi connectivity index (χ2v) is 18.0. The lowest BCUT2D eigenvalue weighted by Crippen LogP contribution is -1.92. The summed E-state index contributed by atoms with van der Waals surface area (Å²) >= 11 is 3.29. The van der Waals surface area contributed by atoms with E-state index in [4.69, 9.17) is 8.83 Å². The van der Waals surface area contributed by atoms with E-state index < -0.39 is 0 Å². The van der Waals surface area contributed by atoms with Crippen molar-refractivity contribution in [3.8, 4) is 0 Å². The first kappa shape index (κ1) is 96.1. The number of rotatable bonds is 0. The molecule has 0 N–H and O–H groups in total. The molecule has 0 bridgehead atoms. The van der Waals surface area contributed by atoms with Crippen LogP contribution in [0.2, 0.25) is 0 Å². The zero-order chi connectivity index (χ0) is 71.7. The molecular formula is C63H116N24O2S2. The largest absolute Gasteiger partial charge is 0.449 e. The second-order valence-electron chi connectivity index (χ2n) is 15.6. The van der Waals surface area contributed by atoms with Gasteiger partial charge < -0.3 is 18.0 Å². The number of oxazole rings is 1. The van der Waals surface area contributed by atoms with Crippen molar-refractivity contribution in [2.45, 2.75) is 201 Å². The molecule has 0 amide bonds. The van der Waals surface area contributed by atoms with Crippen LogP contribution in [-0.4, -0.2) is 119 Å². The number of imidazole rings is 1. The summed E-state index contributed by atoms with van der Waals surface area (Å²) in [5.41, 5.74) is 0. The summed E-state index contributed by atoms with van der Waals surface area (Å²) in [6.07, 6.45) is 15.6. The maximum Gasteiger partial charge on any atom is 0.213 e. The first-order chi connectivity index (χ1) is 43.5. The average molecular weight is 1310 g/mol. The molecule has 26 nitrogen and oxygen atoms in total. The summed E-state index contributed by atoms with van der Waals surface area (Å²) < 4.78 is 18.6. The van der Waals surface area contributed by atoms with E-state index in [1.54, 1.807) is 120 Å². The number of thiazole rings is 1. The van der Waals surface area contributed by atoms with Gasteiger partial charge in [-0.15, -0.1) is 58.4 Å². The van der Waals surface area contributed by atoms with Gasteiger partial charge in [0.1, 0.15) is 68.7 Å². The SMILES string of the molecule is CC.CC.CC.CC.CC.CC.CC.Cc1nc(C)n(C)n1.Cc1nc(C)n(C)n1.Cc1ncccn1.Cc1nccn1C.Cc1ncco1.Cc1nccs1.Cc1nnc(C)n1C.Cc1nnc(C)o1.Cc1nnc(C)s1.Cc1nnnn1C.c1ccncc1. The molecule has 11 aromatic rings. The van der Waals surface area contributed by atoms with Crippen LogP contribution in [0.3, 0.4) is 0 Å². The van der Waals surface area contributed by atoms with Gasteiger partial charge >= 0.3 is 0 Å². The summed E-state index contributed by atoms with van der Waals surface area (Å²) in [5.74, 6) is 10.2. The molecule has 11 aromatic heterocycles. The number of aryl methyl sites for hydroxylation is 19. The van der Waals surface area contributed by atoms with Gasteiger partial charge in [0.15, 0.2) is 5.89 Å². The highest BCUT2D eigenvalue weighted by molar-refractivity contribution is 7.11. The van der Waals surface area contributed by atoms with E-state index in [1.807, 2.05) is 247 Å². The van der Waals surface area contributed by atoms with Crippen LogP contribution in [0.25, 0.3) is 0 Å². The van der Waals surface area contributed by atoms with Gasteiger partial charge in [-0.25, -0.2) is 34.6 Å². The fourth-order valence-corrected chi connectivity index (χ4v) is 5.56. The lowest BCUT2D eigenvalue weighted by Gasteiger charge is -1.90. The predicted molar refractivity (Wildman–Crippen MR) is 375 cm³/mol. The normalized spacial score (nSPS) is 8.33. The lowest BCUT2D eigenvalue weighted by molar-refractivity contribution is 0.489. The van der Waals surface area contributed by atoms with Crippen molar-refractivity contribution in [2.75, 3.05) is 0 Å². The van der Waals surface area contributed by atoms with Gasteiger partial charge in [-0.3, -0.25) is 19.3 Å². The number of aromatic nitrogens is 24. The van der Waals surface area contributed by atoms with Gasteiger partial charge in [-0.1, -0.05) is 103 Å². The molecule has 0 aromatic carbocycles. The van der Waals surface area contributed by atoms with Crippen molar-refractivity contribution < 1.29 is 8.83 Å². The highest BCUT2D eigenvalue weighted by Crippen LogP contribution is 2.04. The van der Waals surface area contributed by atoms with Crippen LogP contribution >= 0.6 is 22.7 Å². The average Bonchev–Trinajstić information content (AvgIpc) is 4.56. The van der Waals surface area contributed by atoms with E-state index in [-0.39, 0.29) is 0 Å². The molecule has 0 saturated carbocycles. The number of hydrogen-bond acceptors (Lipinski definition) is 23. The highest BCUT2D eigenvalue weighted by Gasteiger charge is 1.96. The standard InChI is InChI=1S/3C5H9N3.C5H8N2.C5H6N2.C5H5N.C4H6N2O.C4H6N2S.C4H5NO.C4H5NS.C3H6N4.7C2H6/c1-4-6-7-5(2)8(4)3;2*1-4-6-5(2)8(3)7-4;1-5-6-3-4-7(5)2;1-5-6-3-2-4-7-5;1-2-4-6-5-3-1;2*1-3-5-6-4(2)7-3;2*1-4-5-2-3-6-4;1-3-4-5-6-7(3)2;7*1-2/h3*1-3H3;3-4H,1-2H3;2-4H,1H3;1-5H;2*1-2H3;2*2-3H,1H3;1-2H3;7*1-2H3. The van der Waals surface area contributed by atoms with Crippen molar-refractivity contribution in [1.29, 1.82) is 0 Å². The Hall–Kier alpha value is -8.53. The van der Waals surface area contributed by atoms with E-state index in [9.17, 15) is 0 Å². The topological polar surface area (TPSA) is 296 Å². The van der Waals surface area contributed by atoms with E-state index in [2.05, 4.69) is 96.2 Å². The van der Waals surface area contributed by atoms with Crippen LogP contribution in [0.1, 0.15) is 182 Å². The van der Waals surface area contributed by atoms with Crippen LogP contribution in [0.4, 0.5) is 0 Å². The van der Waals surface area contributed by atoms with E-state index in [1.165, 1.54) is 0 Å². The number of pyridine rings is 1. The second kappa shape index (κ2) is 67.4. The molecule has 0 unspecified atom stereocenters. The molecule has 0 aliphatic heterocycles. The number of nitrogens with zero attached hydrogens (tertiary/aromatic N) is 24. The van der Waals surface area contributed by atoms with Crippen molar-refractivity contribution in [3.63, 3.8) is 0 Å². The van der Waals surface area contributed by atoms with E-state index in [0.29, 0.717) is 11.8 Å². The minimum absolute atomic E-state index is 0.623. The van der Waals surface area contributed by atoms with Gasteiger partial charge in [-0.05, 0) is 112 Å². The highest BCUT2D eigenvalue weighted by atomic mass is 32.1. The molecule has 0 spiro atoms. The quantitative estimate of drug-likeness (QED) is 0.136. The van der Waals surface area contributed by atoms with Crippen LogP contribution in [0.5, 0.6) is 0 Å². The van der Waals surface area contributed by atoms with Crippen molar-refractivity contribution >= 4 is 22.7 Å². The van der Waals surface area contributed by atoms with Crippen LogP contribution < -0.4 is 0 Å². The van der Waals surface area contributed by atoms with Crippen LogP contribution in [0.15, 0.2) is 94.3 Å². The summed E-state index contributed by atoms with van der Waals surface area (Å²) in [6.45, 7) is 56.4. The minimum Gasteiger partial charge on any atom is -0.449 e. The van der Waals surface area contributed by atoms with Gasteiger partial charge in [0.25, 0.3) is 0 Å². The summed E-state index contributed by atoms with van der Waals surface area (Å²) in [7, 11) is 9.49. The molecule has 0 atom stereocenters. The molecule has 11 heterocycles. The van der Waals surface area contributed by atoms with E-state index >= 15 is 0 Å². The van der Waals surface area contributed by atoms with Crippen molar-refractivity contribution in [3.05, 3.63) is 171 Å². The predicted octanol–water partition coefficient (Wildman–Crippen LogP) is 14.9. The maximum absolute atomic E-state index is 4.86. The lowest BCUT2D eigenvalue weighted by atomic mass is 10.5. The van der Waals surface area contributed by atoms with Gasteiger partial charge in [0.2, 0.25) is 11.8 Å². The number of hydrogen-bond donors (Lipinski definition) is 0. The zero-order valence-electron chi connectivity index (χ0n) is 61.9. The first-order valence-corrected chi connectivity index (χ1v) is 32.2. The van der Waals surface area contributed by atoms with Gasteiger partial charge in [0.05, 0.1) is 11.2 Å². The third-order valence-electron chi connectivity index (χ3n) is 9.00. The third kappa shape index (κ3) is 57.7. The third-order valence-corrected chi connectivity index (χ3v) is 10.5. The monoisotopic (exact) mass is 1300 g/mol. The molecule has 0 aliphatic rings. The summed E-state index contributed by atoms with van der Waals surface area (Å²) in [5, 5.41) is 46.2. The number of tetrazole rings is 1. The molecule has 0 saturated heterocycles. The molecule has 512 valence electrons. The Morgan fingerprint density at radius 2 is 0.824 bits per heavy atom. The first-order valence-electron chi connectivity index (χ1n) is 30.5. The molecule has 0 fully saturated rings. The fourth-order valence-electron chi connectivity index (χ4n) is 4.53. The zero-order valence-corrected chi connectivity index (χ0v) is 63.6.